The van der Waals surface area contributed by atoms with Gasteiger partial charge in [-0.25, -0.2) is 8.42 Å². The van der Waals surface area contributed by atoms with E-state index in [4.69, 9.17) is 11.6 Å². The zero-order valence-electron chi connectivity index (χ0n) is 14.4. The minimum Gasteiger partial charge on any atom is -0.367 e. The summed E-state index contributed by atoms with van der Waals surface area (Å²) in [6, 6.07) is 14.0. The molecule has 0 amide bonds. The maximum absolute atomic E-state index is 13.1. The van der Waals surface area contributed by atoms with Gasteiger partial charge in [-0.15, -0.1) is 0 Å². The van der Waals surface area contributed by atoms with Crippen molar-refractivity contribution in [1.29, 1.82) is 0 Å². The van der Waals surface area contributed by atoms with Gasteiger partial charge < -0.3 is 9.80 Å². The maximum Gasteiger partial charge on any atom is 0.264 e. The highest BCUT2D eigenvalue weighted by Gasteiger charge is 2.31. The largest absolute Gasteiger partial charge is 0.367 e. The lowest BCUT2D eigenvalue weighted by Gasteiger charge is -2.38. The molecule has 134 valence electrons. The average molecular weight is 380 g/mol. The molecule has 0 radical (unpaired) electrons. The SMILES string of the molecule is CN(C)CCN1CCN(S(=O)(=O)c2ccc(Cl)cc2)c2ccccc21. The Morgan fingerprint density at radius 2 is 1.64 bits per heavy atom. The molecule has 0 aromatic heterocycles. The van der Waals surface area contributed by atoms with Crippen molar-refractivity contribution in [3.8, 4) is 0 Å². The quantitative estimate of drug-likeness (QED) is 0.801. The minimum absolute atomic E-state index is 0.258. The number of para-hydroxylation sites is 2. The van der Waals surface area contributed by atoms with Crippen LogP contribution in [-0.4, -0.2) is 53.6 Å². The van der Waals surface area contributed by atoms with Crippen LogP contribution in [0.4, 0.5) is 11.4 Å². The second-order valence-electron chi connectivity index (χ2n) is 6.31. The van der Waals surface area contributed by atoms with Gasteiger partial charge in [0, 0.05) is 24.7 Å². The van der Waals surface area contributed by atoms with E-state index in [1.807, 2.05) is 38.4 Å². The first-order valence-corrected chi connectivity index (χ1v) is 9.98. The fourth-order valence-electron chi connectivity index (χ4n) is 2.93. The molecule has 2 aromatic rings. The fourth-order valence-corrected chi connectivity index (χ4v) is 4.53. The monoisotopic (exact) mass is 379 g/mol. The molecule has 25 heavy (non-hydrogen) atoms. The molecule has 0 spiro atoms. The van der Waals surface area contributed by atoms with Gasteiger partial charge in [0.2, 0.25) is 0 Å². The van der Waals surface area contributed by atoms with Gasteiger partial charge in [0.15, 0.2) is 0 Å². The van der Waals surface area contributed by atoms with Crippen molar-refractivity contribution in [2.75, 3.05) is 49.5 Å². The molecule has 0 fully saturated rings. The zero-order chi connectivity index (χ0) is 18.0. The third-order valence-electron chi connectivity index (χ3n) is 4.28. The fraction of sp³-hybridized carbons (Fsp3) is 0.333. The molecule has 5 nitrogen and oxygen atoms in total. The Hall–Kier alpha value is -1.76. The Balaban J connectivity index is 1.95. The van der Waals surface area contributed by atoms with Crippen LogP contribution in [0.25, 0.3) is 0 Å². The highest BCUT2D eigenvalue weighted by atomic mass is 35.5. The van der Waals surface area contributed by atoms with E-state index >= 15 is 0 Å². The molecule has 2 aromatic carbocycles. The molecule has 0 bridgehead atoms. The Bertz CT molecular complexity index is 838. The summed E-state index contributed by atoms with van der Waals surface area (Å²) in [5, 5.41) is 0.521. The van der Waals surface area contributed by atoms with Crippen LogP contribution in [0.2, 0.25) is 5.02 Å². The molecule has 0 aliphatic carbocycles. The van der Waals surface area contributed by atoms with Crippen LogP contribution in [0.15, 0.2) is 53.4 Å². The molecular weight excluding hydrogens is 358 g/mol. The van der Waals surface area contributed by atoms with Crippen LogP contribution < -0.4 is 9.21 Å². The summed E-state index contributed by atoms with van der Waals surface area (Å²) >= 11 is 5.89. The number of halogens is 1. The van der Waals surface area contributed by atoms with Gasteiger partial charge in [-0.2, -0.15) is 0 Å². The smallest absolute Gasteiger partial charge is 0.264 e. The van der Waals surface area contributed by atoms with E-state index in [1.54, 1.807) is 24.3 Å². The number of hydrogen-bond donors (Lipinski definition) is 0. The third-order valence-corrected chi connectivity index (χ3v) is 6.36. The van der Waals surface area contributed by atoms with Crippen LogP contribution in [0.3, 0.4) is 0 Å². The van der Waals surface area contributed by atoms with E-state index in [0.29, 0.717) is 18.1 Å². The zero-order valence-corrected chi connectivity index (χ0v) is 16.0. The van der Waals surface area contributed by atoms with Gasteiger partial charge in [-0.3, -0.25) is 4.31 Å². The predicted molar refractivity (Wildman–Crippen MR) is 103 cm³/mol. The standard InChI is InChI=1S/C18H22ClN3O2S/c1-20(2)11-12-21-13-14-22(18-6-4-3-5-17(18)21)25(23,24)16-9-7-15(19)8-10-16/h3-10H,11-14H2,1-2H3. The van der Waals surface area contributed by atoms with Crippen LogP contribution in [0.1, 0.15) is 0 Å². The van der Waals surface area contributed by atoms with Crippen molar-refractivity contribution in [2.45, 2.75) is 4.90 Å². The highest BCUT2D eigenvalue weighted by molar-refractivity contribution is 7.92. The first kappa shape index (κ1) is 18.0. The minimum atomic E-state index is -3.61. The number of rotatable bonds is 5. The molecule has 0 saturated heterocycles. The number of likely N-dealkylation sites (N-methyl/N-ethyl adjacent to an activating group) is 1. The van der Waals surface area contributed by atoms with E-state index in [9.17, 15) is 8.42 Å². The Morgan fingerprint density at radius 1 is 1.00 bits per heavy atom. The second-order valence-corrected chi connectivity index (χ2v) is 8.61. The van der Waals surface area contributed by atoms with Crippen LogP contribution >= 0.6 is 11.6 Å². The number of anilines is 2. The van der Waals surface area contributed by atoms with Crippen molar-refractivity contribution >= 4 is 33.0 Å². The van der Waals surface area contributed by atoms with E-state index in [1.165, 1.54) is 4.31 Å². The van der Waals surface area contributed by atoms with Gasteiger partial charge in [-0.1, -0.05) is 23.7 Å². The van der Waals surface area contributed by atoms with Crippen LogP contribution in [-0.2, 0) is 10.0 Å². The Labute approximate surface area is 154 Å². The Morgan fingerprint density at radius 3 is 2.28 bits per heavy atom. The predicted octanol–water partition coefficient (Wildman–Crippen LogP) is 2.92. The molecule has 1 aliphatic heterocycles. The Kier molecular flexibility index (Phi) is 5.22. The number of fused-ring (bicyclic) bond motifs is 1. The lowest BCUT2D eigenvalue weighted by Crippen LogP contribution is -2.45. The van der Waals surface area contributed by atoms with E-state index in [0.717, 1.165) is 24.5 Å². The molecule has 0 unspecified atom stereocenters. The molecule has 1 heterocycles. The first-order valence-electron chi connectivity index (χ1n) is 8.16. The van der Waals surface area contributed by atoms with Crippen molar-refractivity contribution in [2.24, 2.45) is 0 Å². The number of benzene rings is 2. The van der Waals surface area contributed by atoms with E-state index in [2.05, 4.69) is 9.80 Å². The van der Waals surface area contributed by atoms with Gasteiger partial charge in [0.25, 0.3) is 10.0 Å². The summed E-state index contributed by atoms with van der Waals surface area (Å²) in [5.74, 6) is 0. The average Bonchev–Trinajstić information content (AvgIpc) is 2.59. The highest BCUT2D eigenvalue weighted by Crippen LogP contribution is 2.36. The van der Waals surface area contributed by atoms with Gasteiger partial charge in [0.1, 0.15) is 0 Å². The first-order chi connectivity index (χ1) is 11.9. The van der Waals surface area contributed by atoms with E-state index < -0.39 is 10.0 Å². The molecule has 3 rings (SSSR count). The summed E-state index contributed by atoms with van der Waals surface area (Å²) in [6.45, 7) is 2.87. The summed E-state index contributed by atoms with van der Waals surface area (Å²) in [5.41, 5.74) is 1.68. The van der Waals surface area contributed by atoms with Gasteiger partial charge in [-0.05, 0) is 50.5 Å². The van der Waals surface area contributed by atoms with Crippen molar-refractivity contribution in [3.05, 3.63) is 53.6 Å². The van der Waals surface area contributed by atoms with Crippen LogP contribution in [0.5, 0.6) is 0 Å². The number of nitrogens with zero attached hydrogens (tertiary/aromatic N) is 3. The lowest BCUT2D eigenvalue weighted by atomic mass is 10.2. The molecule has 0 atom stereocenters. The molecule has 1 aliphatic rings. The second kappa shape index (κ2) is 7.23. The molecule has 0 saturated carbocycles. The van der Waals surface area contributed by atoms with Crippen LogP contribution in [0, 0.1) is 0 Å². The molecular formula is C18H22ClN3O2S. The summed E-state index contributed by atoms with van der Waals surface area (Å²) in [7, 11) is 0.460. The maximum atomic E-state index is 13.1. The lowest BCUT2D eigenvalue weighted by molar-refractivity contribution is 0.413. The normalized spacial score (nSPS) is 14.7. The number of sulfonamides is 1. The summed E-state index contributed by atoms with van der Waals surface area (Å²) in [6.07, 6.45) is 0. The molecule has 0 N–H and O–H groups in total. The molecule has 7 heteroatoms. The topological polar surface area (TPSA) is 43.9 Å². The number of hydrogen-bond acceptors (Lipinski definition) is 4. The summed E-state index contributed by atoms with van der Waals surface area (Å²) in [4.78, 5) is 4.62. The van der Waals surface area contributed by atoms with E-state index in [-0.39, 0.29) is 4.90 Å². The summed E-state index contributed by atoms with van der Waals surface area (Å²) < 4.78 is 27.7. The van der Waals surface area contributed by atoms with Gasteiger partial charge >= 0.3 is 0 Å². The van der Waals surface area contributed by atoms with Crippen molar-refractivity contribution in [3.63, 3.8) is 0 Å². The van der Waals surface area contributed by atoms with Crippen molar-refractivity contribution in [1.82, 2.24) is 4.90 Å². The van der Waals surface area contributed by atoms with Crippen molar-refractivity contribution < 1.29 is 8.42 Å². The third kappa shape index (κ3) is 3.76. The van der Waals surface area contributed by atoms with Gasteiger partial charge in [0.05, 0.1) is 22.8 Å².